The van der Waals surface area contributed by atoms with E-state index in [2.05, 4.69) is 35.7 Å². The highest BCUT2D eigenvalue weighted by molar-refractivity contribution is 6.05. The highest BCUT2D eigenvalue weighted by Gasteiger charge is 2.37. The van der Waals surface area contributed by atoms with Crippen molar-refractivity contribution in [2.45, 2.75) is 46.6 Å². The highest BCUT2D eigenvalue weighted by atomic mass is 16.6. The number of carbonyl (C=O) groups excluding carboxylic acids is 2. The SMILES string of the molecule is [C-]#[N+]c1c(C(=O)OC2C(C)CC(C)CC2C)c2nc(-c3ccc(C)cc3)[nH]n2c1OC(=O)N1C=COC=C1. The zero-order valence-electron chi connectivity index (χ0n) is 21.7. The maximum absolute atomic E-state index is 13.6. The quantitative estimate of drug-likeness (QED) is 0.328. The third-order valence-corrected chi connectivity index (χ3v) is 7.06. The number of nitrogens with one attached hydrogen (secondary N) is 1. The van der Waals surface area contributed by atoms with E-state index in [1.807, 2.05) is 31.2 Å². The Labute approximate surface area is 220 Å². The second kappa shape index (κ2) is 10.1. The number of rotatable bonds is 4. The molecule has 10 nitrogen and oxygen atoms in total. The summed E-state index contributed by atoms with van der Waals surface area (Å²) in [7, 11) is 0. The molecule has 1 aromatic carbocycles. The van der Waals surface area contributed by atoms with Crippen LogP contribution >= 0.6 is 0 Å². The molecule has 2 atom stereocenters. The third-order valence-electron chi connectivity index (χ3n) is 7.06. The van der Waals surface area contributed by atoms with Gasteiger partial charge in [-0.25, -0.2) is 23.9 Å². The molecule has 1 amide bonds. The molecule has 1 aliphatic carbocycles. The van der Waals surface area contributed by atoms with Crippen LogP contribution in [-0.2, 0) is 9.47 Å². The first kappa shape index (κ1) is 25.1. The predicted molar refractivity (Wildman–Crippen MR) is 139 cm³/mol. The minimum Gasteiger partial charge on any atom is -0.470 e. The Balaban J connectivity index is 1.58. The molecule has 2 aliphatic rings. The van der Waals surface area contributed by atoms with E-state index in [9.17, 15) is 9.59 Å². The molecule has 196 valence electrons. The maximum Gasteiger partial charge on any atom is 0.423 e. The Bertz CT molecular complexity index is 1450. The maximum atomic E-state index is 13.6. The Hall–Kier alpha value is -4.52. The number of hydrogen-bond donors (Lipinski definition) is 1. The molecule has 1 fully saturated rings. The molecule has 2 unspecified atom stereocenters. The van der Waals surface area contributed by atoms with E-state index in [-0.39, 0.29) is 40.7 Å². The van der Waals surface area contributed by atoms with Crippen molar-refractivity contribution in [1.29, 1.82) is 0 Å². The van der Waals surface area contributed by atoms with E-state index in [4.69, 9.17) is 20.8 Å². The van der Waals surface area contributed by atoms with Crippen LogP contribution in [-0.4, -0.2) is 37.7 Å². The number of esters is 1. The summed E-state index contributed by atoms with van der Waals surface area (Å²) in [6.07, 6.45) is 6.19. The van der Waals surface area contributed by atoms with Gasteiger partial charge in [-0.1, -0.05) is 50.6 Å². The molecule has 0 radical (unpaired) electrons. The van der Waals surface area contributed by atoms with Crippen molar-refractivity contribution >= 4 is 23.4 Å². The molecule has 0 bridgehead atoms. The summed E-state index contributed by atoms with van der Waals surface area (Å²) in [5.41, 5.74) is 1.81. The molecule has 1 aliphatic heterocycles. The highest BCUT2D eigenvalue weighted by Crippen LogP contribution is 2.41. The molecule has 5 rings (SSSR count). The molecule has 0 saturated heterocycles. The van der Waals surface area contributed by atoms with Gasteiger partial charge in [0.25, 0.3) is 5.69 Å². The van der Waals surface area contributed by atoms with Crippen LogP contribution in [0.4, 0.5) is 10.5 Å². The van der Waals surface area contributed by atoms with Crippen molar-refractivity contribution < 1.29 is 23.8 Å². The number of hydrogen-bond acceptors (Lipinski definition) is 6. The fourth-order valence-corrected chi connectivity index (χ4v) is 5.36. The van der Waals surface area contributed by atoms with Crippen LogP contribution < -0.4 is 4.74 Å². The van der Waals surface area contributed by atoms with Gasteiger partial charge in [0.1, 0.15) is 24.2 Å². The summed E-state index contributed by atoms with van der Waals surface area (Å²) in [5.74, 6) is 0.528. The molecular weight excluding hydrogens is 486 g/mol. The number of amides is 1. The van der Waals surface area contributed by atoms with Crippen LogP contribution in [0, 0.1) is 31.2 Å². The summed E-state index contributed by atoms with van der Waals surface area (Å²) >= 11 is 0. The van der Waals surface area contributed by atoms with E-state index < -0.39 is 12.1 Å². The Morgan fingerprint density at radius 3 is 2.39 bits per heavy atom. The van der Waals surface area contributed by atoms with Crippen molar-refractivity contribution in [1.82, 2.24) is 19.5 Å². The van der Waals surface area contributed by atoms with Gasteiger partial charge in [0.15, 0.2) is 11.5 Å². The van der Waals surface area contributed by atoms with Crippen LogP contribution in [0.3, 0.4) is 0 Å². The van der Waals surface area contributed by atoms with Crippen molar-refractivity contribution in [2.75, 3.05) is 0 Å². The fourth-order valence-electron chi connectivity index (χ4n) is 5.36. The van der Waals surface area contributed by atoms with Gasteiger partial charge in [0.2, 0.25) is 5.88 Å². The van der Waals surface area contributed by atoms with Crippen LogP contribution in [0.25, 0.3) is 21.9 Å². The average Bonchev–Trinajstić information content (AvgIpc) is 3.44. The summed E-state index contributed by atoms with van der Waals surface area (Å²) in [6, 6.07) is 7.67. The molecule has 1 saturated carbocycles. The second-order valence-corrected chi connectivity index (χ2v) is 10.1. The topological polar surface area (TPSA) is 103 Å². The van der Waals surface area contributed by atoms with E-state index >= 15 is 0 Å². The van der Waals surface area contributed by atoms with Crippen molar-refractivity contribution in [3.05, 3.63) is 71.7 Å². The zero-order chi connectivity index (χ0) is 27.0. The smallest absolute Gasteiger partial charge is 0.423 e. The molecule has 1 N–H and O–H groups in total. The number of H-pyrrole nitrogens is 1. The fraction of sp³-hybridized carbons (Fsp3) is 0.357. The van der Waals surface area contributed by atoms with Crippen LogP contribution in [0.5, 0.6) is 5.88 Å². The van der Waals surface area contributed by atoms with E-state index in [0.717, 1.165) is 28.9 Å². The number of benzene rings is 1. The van der Waals surface area contributed by atoms with Gasteiger partial charge in [-0.05, 0) is 37.5 Å². The van der Waals surface area contributed by atoms with E-state index in [1.165, 1.54) is 29.4 Å². The summed E-state index contributed by atoms with van der Waals surface area (Å²) in [6.45, 7) is 16.2. The first-order valence-corrected chi connectivity index (χ1v) is 12.6. The van der Waals surface area contributed by atoms with Gasteiger partial charge < -0.3 is 14.2 Å². The van der Waals surface area contributed by atoms with E-state index in [0.29, 0.717) is 11.7 Å². The van der Waals surface area contributed by atoms with Crippen LogP contribution in [0.2, 0.25) is 0 Å². The predicted octanol–water partition coefficient (Wildman–Crippen LogP) is 6.19. The van der Waals surface area contributed by atoms with Crippen LogP contribution in [0.1, 0.15) is 49.5 Å². The molecule has 10 heteroatoms. The summed E-state index contributed by atoms with van der Waals surface area (Å²) in [4.78, 5) is 35.9. The molecular formula is C28H29N5O5. The van der Waals surface area contributed by atoms with Crippen molar-refractivity contribution in [3.8, 4) is 17.3 Å². The lowest BCUT2D eigenvalue weighted by molar-refractivity contribution is -0.0249. The molecule has 0 spiro atoms. The minimum atomic E-state index is -0.792. The molecule has 3 heterocycles. The number of aryl methyl sites for hydroxylation is 1. The molecule has 38 heavy (non-hydrogen) atoms. The number of aromatic nitrogens is 3. The monoisotopic (exact) mass is 515 g/mol. The minimum absolute atomic E-state index is 0.0384. The number of aromatic amines is 1. The lowest BCUT2D eigenvalue weighted by atomic mass is 9.75. The summed E-state index contributed by atoms with van der Waals surface area (Å²) < 4.78 is 18.0. The standard InChI is InChI=1S/C28H29N5O5/c1-16-6-8-20(9-7-16)24-30-25-21(27(34)37-23-18(3)14-17(2)15-19(23)4)22(29-5)26(33(25)31-24)38-28(35)32-10-12-36-13-11-32/h6-13,17-19,23H,14-15H2,1-4H3,(H,30,31). The summed E-state index contributed by atoms with van der Waals surface area (Å²) in [5, 5.41) is 3.08. The Morgan fingerprint density at radius 2 is 1.76 bits per heavy atom. The van der Waals surface area contributed by atoms with E-state index in [1.54, 1.807) is 0 Å². The number of ether oxygens (including phenoxy) is 3. The van der Waals surface area contributed by atoms with Crippen LogP contribution in [0.15, 0.2) is 49.2 Å². The van der Waals surface area contributed by atoms with Crippen molar-refractivity contribution in [3.63, 3.8) is 0 Å². The average molecular weight is 516 g/mol. The number of fused-ring (bicyclic) bond motifs is 1. The molecule has 2 aromatic heterocycles. The first-order valence-electron chi connectivity index (χ1n) is 12.6. The Kier molecular flexibility index (Phi) is 6.68. The number of nitrogens with zero attached hydrogens (tertiary/aromatic N) is 4. The normalized spacial score (nSPS) is 22.7. The molecule has 3 aromatic rings. The zero-order valence-corrected chi connectivity index (χ0v) is 21.7. The number of carbonyl (C=O) groups is 2. The van der Waals surface area contributed by atoms with Crippen molar-refractivity contribution in [2.24, 2.45) is 17.8 Å². The third kappa shape index (κ3) is 4.63. The van der Waals surface area contributed by atoms with Gasteiger partial charge in [-0.15, -0.1) is 0 Å². The largest absolute Gasteiger partial charge is 0.470 e. The Morgan fingerprint density at radius 1 is 1.11 bits per heavy atom. The first-order chi connectivity index (χ1) is 18.3. The van der Waals surface area contributed by atoms with Gasteiger partial charge in [-0.3, -0.25) is 10.00 Å². The lowest BCUT2D eigenvalue weighted by Crippen LogP contribution is -2.37. The van der Waals surface area contributed by atoms with Gasteiger partial charge >= 0.3 is 12.1 Å². The lowest BCUT2D eigenvalue weighted by Gasteiger charge is -2.37. The van der Waals surface area contributed by atoms with Gasteiger partial charge in [0, 0.05) is 5.56 Å². The van der Waals surface area contributed by atoms with Gasteiger partial charge in [0.05, 0.1) is 19.0 Å². The van der Waals surface area contributed by atoms with Gasteiger partial charge in [-0.2, -0.15) is 0 Å². The second-order valence-electron chi connectivity index (χ2n) is 10.1.